The average Bonchev–Trinajstić information content (AvgIpc) is 2.89. The van der Waals surface area contributed by atoms with E-state index in [1.54, 1.807) is 0 Å². The molecule has 0 aromatic carbocycles. The summed E-state index contributed by atoms with van der Waals surface area (Å²) in [6.07, 6.45) is 7.97. The minimum absolute atomic E-state index is 0.0365. The van der Waals surface area contributed by atoms with E-state index in [9.17, 15) is 0 Å². The highest BCUT2D eigenvalue weighted by Gasteiger charge is 2.30. The highest BCUT2D eigenvalue weighted by atomic mass is 16.7. The van der Waals surface area contributed by atoms with E-state index in [1.807, 2.05) is 0 Å². The molecule has 3 atom stereocenters. The average molecular weight is 241 g/mol. The summed E-state index contributed by atoms with van der Waals surface area (Å²) in [7, 11) is 2.08. The Morgan fingerprint density at radius 3 is 2.65 bits per heavy atom. The summed E-state index contributed by atoms with van der Waals surface area (Å²) >= 11 is 0. The van der Waals surface area contributed by atoms with Crippen molar-refractivity contribution < 1.29 is 9.47 Å². The quantitative estimate of drug-likeness (QED) is 0.802. The summed E-state index contributed by atoms with van der Waals surface area (Å²) in [6, 6.07) is 0.562. The van der Waals surface area contributed by atoms with Gasteiger partial charge in [0.2, 0.25) is 0 Å². The molecule has 1 N–H and O–H groups in total. The maximum absolute atomic E-state index is 5.57. The second-order valence-electron chi connectivity index (χ2n) is 5.50. The summed E-state index contributed by atoms with van der Waals surface area (Å²) < 4.78 is 11.1. The lowest BCUT2D eigenvalue weighted by Crippen LogP contribution is -2.39. The van der Waals surface area contributed by atoms with E-state index >= 15 is 0 Å². The highest BCUT2D eigenvalue weighted by Crippen LogP contribution is 2.34. The fourth-order valence-corrected chi connectivity index (χ4v) is 3.37. The molecule has 0 spiro atoms. The van der Waals surface area contributed by atoms with Crippen molar-refractivity contribution in [2.45, 2.75) is 57.8 Å². The first-order valence-corrected chi connectivity index (χ1v) is 7.24. The van der Waals surface area contributed by atoms with Gasteiger partial charge in [-0.2, -0.15) is 0 Å². The molecule has 0 aromatic rings. The first kappa shape index (κ1) is 13.3. The molecule has 0 aromatic heterocycles. The Morgan fingerprint density at radius 2 is 2.00 bits per heavy atom. The summed E-state index contributed by atoms with van der Waals surface area (Å²) in [5.74, 6) is 1.75. The van der Waals surface area contributed by atoms with Gasteiger partial charge in [0.15, 0.2) is 6.29 Å². The van der Waals surface area contributed by atoms with Gasteiger partial charge in [-0.25, -0.2) is 0 Å². The monoisotopic (exact) mass is 241 g/mol. The predicted octanol–water partition coefficient (Wildman–Crippen LogP) is 2.55. The summed E-state index contributed by atoms with van der Waals surface area (Å²) in [4.78, 5) is 0. The van der Waals surface area contributed by atoms with Crippen LogP contribution in [0.2, 0.25) is 0 Å². The summed E-state index contributed by atoms with van der Waals surface area (Å²) in [6.45, 7) is 3.86. The molecular weight excluding hydrogens is 214 g/mol. The van der Waals surface area contributed by atoms with E-state index in [0.29, 0.717) is 6.04 Å². The van der Waals surface area contributed by atoms with Gasteiger partial charge >= 0.3 is 0 Å². The largest absolute Gasteiger partial charge is 0.350 e. The molecule has 1 saturated heterocycles. The Kier molecular flexibility index (Phi) is 5.26. The Balaban J connectivity index is 1.83. The van der Waals surface area contributed by atoms with E-state index in [4.69, 9.17) is 9.47 Å². The van der Waals surface area contributed by atoms with Crippen LogP contribution in [0.5, 0.6) is 0 Å². The number of nitrogens with one attached hydrogen (secondary N) is 1. The SMILES string of the molecule is CCC1CCCC(C(CC2OCCO2)NC)C1. The van der Waals surface area contributed by atoms with Crippen molar-refractivity contribution in [2.75, 3.05) is 20.3 Å². The third-order valence-corrected chi connectivity index (χ3v) is 4.48. The molecule has 3 nitrogen and oxygen atoms in total. The van der Waals surface area contributed by atoms with Gasteiger partial charge in [0, 0.05) is 12.5 Å². The van der Waals surface area contributed by atoms with Gasteiger partial charge in [-0.1, -0.05) is 26.2 Å². The van der Waals surface area contributed by atoms with Crippen LogP contribution in [0.25, 0.3) is 0 Å². The molecule has 0 radical (unpaired) electrons. The third-order valence-electron chi connectivity index (χ3n) is 4.48. The van der Waals surface area contributed by atoms with Crippen LogP contribution in [0, 0.1) is 11.8 Å². The fraction of sp³-hybridized carbons (Fsp3) is 1.00. The van der Waals surface area contributed by atoms with Crippen LogP contribution in [0.15, 0.2) is 0 Å². The van der Waals surface area contributed by atoms with Crippen molar-refractivity contribution in [1.29, 1.82) is 0 Å². The minimum atomic E-state index is 0.0365. The zero-order valence-electron chi connectivity index (χ0n) is 11.3. The maximum atomic E-state index is 5.57. The van der Waals surface area contributed by atoms with Crippen molar-refractivity contribution in [2.24, 2.45) is 11.8 Å². The molecule has 2 rings (SSSR count). The molecule has 17 heavy (non-hydrogen) atoms. The Hall–Kier alpha value is -0.120. The lowest BCUT2D eigenvalue weighted by Gasteiger charge is -2.35. The summed E-state index contributed by atoms with van der Waals surface area (Å²) in [5.41, 5.74) is 0. The first-order chi connectivity index (χ1) is 8.33. The van der Waals surface area contributed by atoms with Gasteiger partial charge in [-0.05, 0) is 31.7 Å². The van der Waals surface area contributed by atoms with Crippen molar-refractivity contribution >= 4 is 0 Å². The van der Waals surface area contributed by atoms with Gasteiger partial charge in [-0.15, -0.1) is 0 Å². The lowest BCUT2D eigenvalue weighted by molar-refractivity contribution is -0.0578. The molecule has 2 aliphatic rings. The van der Waals surface area contributed by atoms with Crippen LogP contribution in [0.4, 0.5) is 0 Å². The Labute approximate surface area is 105 Å². The molecule has 1 saturated carbocycles. The second-order valence-corrected chi connectivity index (χ2v) is 5.50. The van der Waals surface area contributed by atoms with E-state index < -0.39 is 0 Å². The Bertz CT molecular complexity index is 216. The van der Waals surface area contributed by atoms with Crippen LogP contribution in [-0.4, -0.2) is 32.6 Å². The molecule has 3 unspecified atom stereocenters. The molecule has 3 heteroatoms. The van der Waals surface area contributed by atoms with Crippen molar-refractivity contribution in [3.8, 4) is 0 Å². The number of rotatable bonds is 5. The molecule has 0 bridgehead atoms. The molecule has 1 aliphatic heterocycles. The number of hydrogen-bond acceptors (Lipinski definition) is 3. The van der Waals surface area contributed by atoms with Gasteiger partial charge < -0.3 is 14.8 Å². The van der Waals surface area contributed by atoms with E-state index in [2.05, 4.69) is 19.3 Å². The minimum Gasteiger partial charge on any atom is -0.350 e. The molecule has 0 amide bonds. The predicted molar refractivity (Wildman–Crippen MR) is 68.9 cm³/mol. The fourth-order valence-electron chi connectivity index (χ4n) is 3.37. The van der Waals surface area contributed by atoms with Crippen molar-refractivity contribution in [3.05, 3.63) is 0 Å². The number of hydrogen-bond donors (Lipinski definition) is 1. The number of ether oxygens (including phenoxy) is 2. The van der Waals surface area contributed by atoms with Crippen molar-refractivity contribution in [1.82, 2.24) is 5.32 Å². The van der Waals surface area contributed by atoms with Crippen LogP contribution in [0.1, 0.15) is 45.4 Å². The molecule has 1 heterocycles. The van der Waals surface area contributed by atoms with Gasteiger partial charge in [0.05, 0.1) is 13.2 Å². The maximum Gasteiger partial charge on any atom is 0.159 e. The lowest BCUT2D eigenvalue weighted by atomic mass is 9.76. The van der Waals surface area contributed by atoms with Crippen molar-refractivity contribution in [3.63, 3.8) is 0 Å². The molecular formula is C14H27NO2. The topological polar surface area (TPSA) is 30.5 Å². The molecule has 1 aliphatic carbocycles. The van der Waals surface area contributed by atoms with Gasteiger partial charge in [-0.3, -0.25) is 0 Å². The Morgan fingerprint density at radius 1 is 1.24 bits per heavy atom. The first-order valence-electron chi connectivity index (χ1n) is 7.24. The standard InChI is InChI=1S/C14H27NO2/c1-3-11-5-4-6-12(9-11)13(15-2)10-14-16-7-8-17-14/h11-15H,3-10H2,1-2H3. The van der Waals surface area contributed by atoms with Crippen LogP contribution in [0.3, 0.4) is 0 Å². The second kappa shape index (κ2) is 6.72. The normalized spacial score (nSPS) is 32.8. The van der Waals surface area contributed by atoms with Gasteiger partial charge in [0.25, 0.3) is 0 Å². The zero-order chi connectivity index (χ0) is 12.1. The summed E-state index contributed by atoms with van der Waals surface area (Å²) in [5, 5.41) is 3.48. The van der Waals surface area contributed by atoms with Crippen LogP contribution >= 0.6 is 0 Å². The van der Waals surface area contributed by atoms with Crippen LogP contribution < -0.4 is 5.32 Å². The smallest absolute Gasteiger partial charge is 0.159 e. The highest BCUT2D eigenvalue weighted by molar-refractivity contribution is 4.82. The third kappa shape index (κ3) is 3.67. The van der Waals surface area contributed by atoms with E-state index in [-0.39, 0.29) is 6.29 Å². The van der Waals surface area contributed by atoms with Crippen LogP contribution in [-0.2, 0) is 9.47 Å². The molecule has 100 valence electrons. The zero-order valence-corrected chi connectivity index (χ0v) is 11.3. The van der Waals surface area contributed by atoms with Gasteiger partial charge in [0.1, 0.15) is 0 Å². The van der Waals surface area contributed by atoms with E-state index in [0.717, 1.165) is 31.5 Å². The molecule has 2 fully saturated rings. The van der Waals surface area contributed by atoms with E-state index in [1.165, 1.54) is 32.1 Å².